The summed E-state index contributed by atoms with van der Waals surface area (Å²) in [4.78, 5) is 23.6. The van der Waals surface area contributed by atoms with Crippen LogP contribution in [0.3, 0.4) is 0 Å². The van der Waals surface area contributed by atoms with Crippen LogP contribution >= 0.6 is 11.8 Å². The van der Waals surface area contributed by atoms with Crippen LogP contribution in [0.15, 0.2) is 11.3 Å². The van der Waals surface area contributed by atoms with Gasteiger partial charge in [0.05, 0.1) is 17.2 Å². The molecule has 1 saturated heterocycles. The highest BCUT2D eigenvalue weighted by molar-refractivity contribution is 8.00. The second kappa shape index (κ2) is 3.51. The number of rotatable bonds is 2. The lowest BCUT2D eigenvalue weighted by atomic mass is 10.1. The minimum absolute atomic E-state index is 0.0231. The van der Waals surface area contributed by atoms with Crippen LogP contribution in [0.2, 0.25) is 0 Å². The fourth-order valence-corrected chi connectivity index (χ4v) is 3.05. The lowest BCUT2D eigenvalue weighted by Crippen LogP contribution is -2.56. The van der Waals surface area contributed by atoms with Gasteiger partial charge in [-0.1, -0.05) is 0 Å². The van der Waals surface area contributed by atoms with Crippen LogP contribution in [0.1, 0.15) is 6.42 Å². The van der Waals surface area contributed by atoms with Crippen molar-refractivity contribution < 1.29 is 14.7 Å². The van der Waals surface area contributed by atoms with Crippen LogP contribution in [0, 0.1) is 0 Å². The highest BCUT2D eigenvalue weighted by atomic mass is 32.2. The number of carbonyl (C=O) groups excluding carboxylic acids is 1. The molecule has 2 heterocycles. The van der Waals surface area contributed by atoms with Gasteiger partial charge in [0, 0.05) is 12.1 Å². The van der Waals surface area contributed by atoms with Gasteiger partial charge in [-0.3, -0.25) is 9.69 Å². The molecule has 2 aliphatic rings. The van der Waals surface area contributed by atoms with E-state index in [2.05, 4.69) is 0 Å². The van der Waals surface area contributed by atoms with Crippen LogP contribution in [0.25, 0.3) is 0 Å². The van der Waals surface area contributed by atoms with Crippen LogP contribution in [-0.4, -0.2) is 39.2 Å². The topological polar surface area (TPSA) is 110 Å². The smallest absolute Gasteiger partial charge is 0.352 e. The van der Waals surface area contributed by atoms with E-state index in [-0.39, 0.29) is 23.5 Å². The molecule has 0 aliphatic carbocycles. The zero-order valence-electron chi connectivity index (χ0n) is 7.84. The first-order valence-electron chi connectivity index (χ1n) is 4.45. The summed E-state index contributed by atoms with van der Waals surface area (Å²) < 4.78 is 0. The molecule has 0 spiro atoms. The summed E-state index contributed by atoms with van der Waals surface area (Å²) in [5, 5.41) is 8.47. The average molecular weight is 229 g/mol. The third-order valence-electron chi connectivity index (χ3n) is 2.52. The fraction of sp³-hybridized carbons (Fsp3) is 0.500. The van der Waals surface area contributed by atoms with Crippen molar-refractivity contribution in [3.63, 3.8) is 0 Å². The number of amides is 1. The first kappa shape index (κ1) is 10.5. The number of aliphatic carboxylic acids is 1. The molecule has 2 rings (SSSR count). The number of hydrogen-bond donors (Lipinski definition) is 3. The predicted octanol–water partition coefficient (Wildman–Crippen LogP) is -1.13. The third-order valence-corrected chi connectivity index (χ3v) is 3.79. The first-order valence-corrected chi connectivity index (χ1v) is 5.40. The summed E-state index contributed by atoms with van der Waals surface area (Å²) in [6, 6.07) is 0. The van der Waals surface area contributed by atoms with Gasteiger partial charge in [0.1, 0.15) is 5.70 Å². The quantitative estimate of drug-likeness (QED) is 0.517. The van der Waals surface area contributed by atoms with E-state index in [9.17, 15) is 9.59 Å². The third kappa shape index (κ3) is 1.43. The van der Waals surface area contributed by atoms with Crippen LogP contribution < -0.4 is 11.5 Å². The van der Waals surface area contributed by atoms with Gasteiger partial charge < -0.3 is 16.6 Å². The molecule has 2 atom stereocenters. The molecule has 82 valence electrons. The molecule has 1 fully saturated rings. The Hall–Kier alpha value is -1.05. The standard InChI is InChI=1S/C8H11N3O3S/c9-2-3-6(8(13)14)11-4(12)1-5(11)15-7(3)10/h5,7H,1-2,9-10H2,(H,13,14)/t5-,7?/m1/s1. The summed E-state index contributed by atoms with van der Waals surface area (Å²) in [5.41, 5.74) is 11.6. The normalized spacial score (nSPS) is 30.0. The molecule has 5 N–H and O–H groups in total. The molecule has 0 aromatic heterocycles. The summed E-state index contributed by atoms with van der Waals surface area (Å²) in [5.74, 6) is -1.31. The molecular weight excluding hydrogens is 218 g/mol. The van der Waals surface area contributed by atoms with E-state index in [1.54, 1.807) is 0 Å². The second-order valence-electron chi connectivity index (χ2n) is 3.36. The van der Waals surface area contributed by atoms with Crippen molar-refractivity contribution in [3.8, 4) is 0 Å². The Morgan fingerprint density at radius 1 is 1.67 bits per heavy atom. The van der Waals surface area contributed by atoms with Gasteiger partial charge in [-0.05, 0) is 0 Å². The number of hydrogen-bond acceptors (Lipinski definition) is 5. The maximum absolute atomic E-state index is 11.3. The zero-order valence-corrected chi connectivity index (χ0v) is 8.66. The molecule has 0 aromatic carbocycles. The molecule has 2 aliphatic heterocycles. The Morgan fingerprint density at radius 3 is 2.80 bits per heavy atom. The van der Waals surface area contributed by atoms with Crippen molar-refractivity contribution in [2.24, 2.45) is 11.5 Å². The minimum atomic E-state index is -1.13. The van der Waals surface area contributed by atoms with Gasteiger partial charge in [0.15, 0.2) is 0 Å². The first-order chi connectivity index (χ1) is 7.06. The molecule has 6 nitrogen and oxygen atoms in total. The Kier molecular flexibility index (Phi) is 2.45. The average Bonchev–Trinajstić information content (AvgIpc) is 2.15. The Bertz CT molecular complexity index is 368. The van der Waals surface area contributed by atoms with Crippen molar-refractivity contribution in [3.05, 3.63) is 11.3 Å². The molecule has 1 amide bonds. The van der Waals surface area contributed by atoms with E-state index < -0.39 is 11.3 Å². The highest BCUT2D eigenvalue weighted by Crippen LogP contribution is 2.41. The summed E-state index contributed by atoms with van der Waals surface area (Å²) in [6.07, 6.45) is 0.354. The number of carboxylic acids is 1. The van der Waals surface area contributed by atoms with Gasteiger partial charge in [-0.15, -0.1) is 11.8 Å². The van der Waals surface area contributed by atoms with Crippen molar-refractivity contribution in [1.29, 1.82) is 0 Å². The van der Waals surface area contributed by atoms with E-state index in [4.69, 9.17) is 16.6 Å². The van der Waals surface area contributed by atoms with Crippen molar-refractivity contribution >= 4 is 23.6 Å². The minimum Gasteiger partial charge on any atom is -0.477 e. The van der Waals surface area contributed by atoms with Crippen LogP contribution in [-0.2, 0) is 9.59 Å². The maximum atomic E-state index is 11.3. The molecule has 0 radical (unpaired) electrons. The lowest BCUT2D eigenvalue weighted by molar-refractivity contribution is -0.146. The van der Waals surface area contributed by atoms with E-state index in [1.807, 2.05) is 0 Å². The zero-order chi connectivity index (χ0) is 11.2. The largest absolute Gasteiger partial charge is 0.477 e. The van der Waals surface area contributed by atoms with Crippen LogP contribution in [0.5, 0.6) is 0 Å². The molecule has 1 unspecified atom stereocenters. The highest BCUT2D eigenvalue weighted by Gasteiger charge is 2.47. The molecule has 0 bridgehead atoms. The van der Waals surface area contributed by atoms with E-state index in [0.29, 0.717) is 12.0 Å². The van der Waals surface area contributed by atoms with Crippen molar-refractivity contribution in [1.82, 2.24) is 4.90 Å². The van der Waals surface area contributed by atoms with Crippen molar-refractivity contribution in [2.45, 2.75) is 17.2 Å². The van der Waals surface area contributed by atoms with Gasteiger partial charge in [-0.25, -0.2) is 4.79 Å². The maximum Gasteiger partial charge on any atom is 0.352 e. The summed E-state index contributed by atoms with van der Waals surface area (Å²) in [6.45, 7) is 0.0618. The Labute approximate surface area is 90.3 Å². The molecule has 0 aromatic rings. The molecular formula is C8H11N3O3S. The number of carbonyl (C=O) groups is 2. The Morgan fingerprint density at radius 2 is 2.33 bits per heavy atom. The van der Waals surface area contributed by atoms with Gasteiger partial charge in [-0.2, -0.15) is 0 Å². The van der Waals surface area contributed by atoms with Crippen molar-refractivity contribution in [2.75, 3.05) is 6.54 Å². The monoisotopic (exact) mass is 229 g/mol. The summed E-state index contributed by atoms with van der Waals surface area (Å²) >= 11 is 1.38. The van der Waals surface area contributed by atoms with Gasteiger partial charge in [0.25, 0.3) is 0 Å². The SMILES string of the molecule is NCC1=C(C(=O)O)N2C(=O)C[C@H]2SC1N. The van der Waals surface area contributed by atoms with E-state index in [1.165, 1.54) is 16.7 Å². The summed E-state index contributed by atoms with van der Waals surface area (Å²) in [7, 11) is 0. The van der Waals surface area contributed by atoms with Gasteiger partial charge in [0.2, 0.25) is 5.91 Å². The Balaban J connectivity index is 2.44. The van der Waals surface area contributed by atoms with Gasteiger partial charge >= 0.3 is 5.97 Å². The number of thioether (sulfide) groups is 1. The predicted molar refractivity (Wildman–Crippen MR) is 54.5 cm³/mol. The number of nitrogens with zero attached hydrogens (tertiary/aromatic N) is 1. The lowest BCUT2D eigenvalue weighted by Gasteiger charge is -2.45. The fourth-order valence-electron chi connectivity index (χ4n) is 1.76. The van der Waals surface area contributed by atoms with E-state index >= 15 is 0 Å². The number of carboxylic acid groups (broad SMARTS) is 1. The van der Waals surface area contributed by atoms with Crippen LogP contribution in [0.4, 0.5) is 0 Å². The number of fused-ring (bicyclic) bond motifs is 1. The second-order valence-corrected chi connectivity index (χ2v) is 4.69. The molecule has 15 heavy (non-hydrogen) atoms. The number of β-lactam (4-membered cyclic amide) rings is 1. The molecule has 0 saturated carbocycles. The molecule has 7 heteroatoms. The van der Waals surface area contributed by atoms with E-state index in [0.717, 1.165) is 0 Å². The number of nitrogens with two attached hydrogens (primary N) is 2.